The molecule has 8 nitrogen and oxygen atoms in total. The van der Waals surface area contributed by atoms with Crippen LogP contribution in [-0.2, 0) is 5.41 Å². The molecule has 3 aliphatic carbocycles. The first kappa shape index (κ1) is 34.4. The molecule has 0 N–H and O–H groups in total. The average Bonchev–Trinajstić information content (AvgIpc) is 3.99. The second-order valence-corrected chi connectivity index (χ2v) is 17.0. The normalized spacial score (nSPS) is 18.8. The van der Waals surface area contributed by atoms with Crippen molar-refractivity contribution in [3.8, 4) is 12.1 Å². The van der Waals surface area contributed by atoms with Crippen molar-refractivity contribution in [2.24, 2.45) is 9.98 Å². The van der Waals surface area contributed by atoms with Gasteiger partial charge in [0.2, 0.25) is 11.6 Å². The Kier molecular flexibility index (Phi) is 7.37. The summed E-state index contributed by atoms with van der Waals surface area (Å²) >= 11 is 5.88. The fraction of sp³-hybridized carbons (Fsp3) is 0.0769. The lowest BCUT2D eigenvalue weighted by Crippen LogP contribution is -2.18. The molecule has 2 aromatic carbocycles. The van der Waals surface area contributed by atoms with Gasteiger partial charge >= 0.3 is 0 Å². The first-order valence-electron chi connectivity index (χ1n) is 15.7. The molecule has 0 spiro atoms. The molecule has 0 radical (unpaired) electrons. The number of aliphatic imine (C=N–C) groups is 2. The number of carbonyl (C=O) groups is 2. The number of carbonyl (C=O) groups excluding carboxylic acids is 2. The molecular formula is C39H12F4N6O2S4. The molecule has 4 heterocycles. The summed E-state index contributed by atoms with van der Waals surface area (Å²) in [4.78, 5) is 43.6. The summed E-state index contributed by atoms with van der Waals surface area (Å²) in [7, 11) is 0. The molecule has 4 aromatic heterocycles. The number of fused-ring (bicyclic) bond motifs is 9. The summed E-state index contributed by atoms with van der Waals surface area (Å²) in [5, 5.41) is 19.7. The van der Waals surface area contributed by atoms with E-state index in [0.717, 1.165) is 62.9 Å². The van der Waals surface area contributed by atoms with Gasteiger partial charge in [0.1, 0.15) is 16.4 Å². The number of benzene rings is 2. The molecule has 3 aliphatic rings. The van der Waals surface area contributed by atoms with Gasteiger partial charge in [0.25, 0.3) is 11.4 Å². The van der Waals surface area contributed by atoms with Crippen LogP contribution in [0.5, 0.6) is 0 Å². The zero-order valence-electron chi connectivity index (χ0n) is 27.6. The van der Waals surface area contributed by atoms with Crippen LogP contribution in [-0.4, -0.2) is 23.0 Å². The lowest BCUT2D eigenvalue weighted by Gasteiger charge is -2.21. The van der Waals surface area contributed by atoms with Crippen LogP contribution in [0.15, 0.2) is 57.4 Å². The molecule has 55 heavy (non-hydrogen) atoms. The number of thiophene rings is 4. The maximum Gasteiger partial charge on any atom is 0.271 e. The fourth-order valence-electron chi connectivity index (χ4n) is 7.05. The van der Waals surface area contributed by atoms with Gasteiger partial charge in [-0.05, 0) is 53.1 Å². The summed E-state index contributed by atoms with van der Waals surface area (Å²) in [5.74, 6) is -6.39. The van der Waals surface area contributed by atoms with Gasteiger partial charge in [-0.15, -0.1) is 45.3 Å². The second-order valence-electron chi connectivity index (χ2n) is 12.9. The molecule has 0 unspecified atom stereocenters. The number of allylic oxidation sites excluding steroid dienone is 5. The lowest BCUT2D eigenvalue weighted by molar-refractivity contribution is 0.106. The Morgan fingerprint density at radius 1 is 0.673 bits per heavy atom. The van der Waals surface area contributed by atoms with E-state index in [1.54, 1.807) is 29.5 Å². The van der Waals surface area contributed by atoms with E-state index in [1.807, 2.05) is 19.9 Å². The molecule has 0 bridgehead atoms. The summed E-state index contributed by atoms with van der Waals surface area (Å²) in [5.41, 5.74) is -1.60. The molecule has 262 valence electrons. The summed E-state index contributed by atoms with van der Waals surface area (Å²) in [6.45, 7) is 18.9. The number of rotatable bonds is 2. The van der Waals surface area contributed by atoms with E-state index in [4.69, 9.17) is 18.1 Å². The average molecular weight is 801 g/mol. The topological polar surface area (TPSA) is 115 Å². The first-order valence-corrected chi connectivity index (χ1v) is 19.0. The van der Waals surface area contributed by atoms with Crippen LogP contribution >= 0.6 is 45.3 Å². The SMILES string of the molecule is [C-]#[N+]C(C#N)=C1C(=Nc2cc3sc4c5sc6c(c5sc4c3s2)C(C)(C)C(N=C2C(=O)c3cc(F)c(F)cc3/C2=C(/C#N)[N+]#[C-])=C6)C(=O)c2cc(F)c(F)cc21. The number of Topliss-reactive ketones (excluding diaryl/α,β-unsaturated/α-hetero) is 2. The molecule has 0 aliphatic heterocycles. The molecule has 6 aromatic rings. The monoisotopic (exact) mass is 800 g/mol. The number of ketones is 2. The number of hydrogen-bond acceptors (Lipinski definition) is 10. The smallest absolute Gasteiger partial charge is 0.271 e. The number of halogens is 4. The van der Waals surface area contributed by atoms with Gasteiger partial charge in [-0.25, -0.2) is 47.8 Å². The molecule has 9 rings (SSSR count). The Hall–Kier alpha value is -6.40. The van der Waals surface area contributed by atoms with Crippen molar-refractivity contribution in [3.05, 3.63) is 126 Å². The molecule has 16 heteroatoms. The third-order valence-corrected chi connectivity index (χ3v) is 14.8. The summed E-state index contributed by atoms with van der Waals surface area (Å²) in [6, 6.07) is 8.37. The maximum atomic E-state index is 14.3. The highest BCUT2D eigenvalue weighted by atomic mass is 32.1. The van der Waals surface area contributed by atoms with E-state index in [1.165, 1.54) is 34.0 Å². The standard InChI is InChI=1S/C39H12F4N6O2S4/c1-39(2)25(48-30-27(21(11-44)46-3)13-5-17(40)19(42)7-15(13)32(30)50)9-23-29(39)35-37(52-23)38-36(55-35)34-24(53-38)10-26(54-34)49-31-28(22(12-45)47-4)14-6-18(41)20(43)8-16(14)33(31)51/h5-10H,1-2H3/b27-21+,28-22?,48-30?,49-31?. The zero-order chi connectivity index (χ0) is 38.8. The van der Waals surface area contributed by atoms with E-state index in [-0.39, 0.29) is 44.8 Å². The Balaban J connectivity index is 1.13. The third-order valence-electron chi connectivity index (χ3n) is 9.56. The van der Waals surface area contributed by atoms with Gasteiger partial charge in [0, 0.05) is 37.3 Å². The molecule has 0 amide bonds. The highest BCUT2D eigenvalue weighted by Crippen LogP contribution is 2.58. The van der Waals surface area contributed by atoms with Crippen molar-refractivity contribution in [1.29, 1.82) is 10.5 Å². The molecule has 0 fully saturated rings. The Labute approximate surface area is 322 Å². The van der Waals surface area contributed by atoms with Crippen LogP contribution in [0.2, 0.25) is 0 Å². The van der Waals surface area contributed by atoms with Crippen molar-refractivity contribution in [2.75, 3.05) is 0 Å². The van der Waals surface area contributed by atoms with Crippen molar-refractivity contribution in [3.63, 3.8) is 0 Å². The van der Waals surface area contributed by atoms with Crippen molar-refractivity contribution < 1.29 is 27.2 Å². The molecular weight excluding hydrogens is 789 g/mol. The lowest BCUT2D eigenvalue weighted by atomic mass is 9.86. The first-order chi connectivity index (χ1) is 26.3. The zero-order valence-corrected chi connectivity index (χ0v) is 30.9. The fourth-order valence-corrected chi connectivity index (χ4v) is 13.1. The van der Waals surface area contributed by atoms with Crippen LogP contribution in [0.4, 0.5) is 22.6 Å². The molecule has 0 atom stereocenters. The van der Waals surface area contributed by atoms with Gasteiger partial charge in [0.15, 0.2) is 23.3 Å². The number of nitrogens with zero attached hydrogens (tertiary/aromatic N) is 6. The molecule has 0 saturated carbocycles. The Bertz CT molecular complexity index is 3230. The van der Waals surface area contributed by atoms with E-state index in [2.05, 4.69) is 14.7 Å². The number of nitriles is 2. The maximum absolute atomic E-state index is 14.3. The number of hydrogen-bond donors (Lipinski definition) is 0. The van der Waals surface area contributed by atoms with E-state index in [0.29, 0.717) is 10.7 Å². The summed E-state index contributed by atoms with van der Waals surface area (Å²) < 4.78 is 62.7. The van der Waals surface area contributed by atoms with Crippen LogP contribution in [0, 0.1) is 59.1 Å². The van der Waals surface area contributed by atoms with E-state index in [9.17, 15) is 37.7 Å². The molecule has 0 saturated heterocycles. The van der Waals surface area contributed by atoms with Crippen molar-refractivity contribution >= 4 is 119 Å². The quantitative estimate of drug-likeness (QED) is 0.0985. The minimum absolute atomic E-state index is 0.0690. The van der Waals surface area contributed by atoms with Gasteiger partial charge in [-0.2, -0.15) is 0 Å². The van der Waals surface area contributed by atoms with Crippen molar-refractivity contribution in [1.82, 2.24) is 0 Å². The van der Waals surface area contributed by atoms with E-state index < -0.39 is 51.6 Å². The van der Waals surface area contributed by atoms with Gasteiger partial charge in [-0.3, -0.25) is 9.59 Å². The van der Waals surface area contributed by atoms with E-state index >= 15 is 0 Å². The van der Waals surface area contributed by atoms with Crippen LogP contribution < -0.4 is 0 Å². The minimum atomic E-state index is -1.24. The Morgan fingerprint density at radius 2 is 1.16 bits per heavy atom. The van der Waals surface area contributed by atoms with Crippen LogP contribution in [0.25, 0.3) is 55.1 Å². The Morgan fingerprint density at radius 3 is 1.69 bits per heavy atom. The highest BCUT2D eigenvalue weighted by molar-refractivity contribution is 7.45. The predicted octanol–water partition coefficient (Wildman–Crippen LogP) is 11.2. The van der Waals surface area contributed by atoms with Crippen LogP contribution in [0.1, 0.15) is 56.1 Å². The minimum Gasteiger partial charge on any atom is -0.287 e. The van der Waals surface area contributed by atoms with Gasteiger partial charge in [-0.1, -0.05) is 13.8 Å². The second kappa shape index (κ2) is 11.8. The van der Waals surface area contributed by atoms with Gasteiger partial charge < -0.3 is 0 Å². The van der Waals surface area contributed by atoms with Crippen molar-refractivity contribution in [2.45, 2.75) is 19.3 Å². The van der Waals surface area contributed by atoms with Gasteiger partial charge in [0.05, 0.1) is 54.5 Å². The predicted molar refractivity (Wildman–Crippen MR) is 206 cm³/mol. The third kappa shape index (κ3) is 4.67. The van der Waals surface area contributed by atoms with Crippen LogP contribution in [0.3, 0.4) is 0 Å². The largest absolute Gasteiger partial charge is 0.287 e. The summed E-state index contributed by atoms with van der Waals surface area (Å²) in [6.07, 6.45) is 1.84. The highest BCUT2D eigenvalue weighted by Gasteiger charge is 2.42.